The van der Waals surface area contributed by atoms with E-state index in [2.05, 4.69) is 121 Å². The first-order chi connectivity index (χ1) is 16.1. The highest BCUT2D eigenvalue weighted by Gasteiger charge is 2.59. The summed E-state index contributed by atoms with van der Waals surface area (Å²) in [5, 5.41) is 4.03. The lowest BCUT2D eigenvalue weighted by atomic mass is 9.83. The minimum Gasteiger partial charge on any atom is -0.292 e. The van der Waals surface area contributed by atoms with Crippen LogP contribution < -0.4 is 5.32 Å². The zero-order chi connectivity index (χ0) is 22.6. The average Bonchev–Trinajstić information content (AvgIpc) is 3.41. The molecule has 2 fully saturated rings. The maximum atomic E-state index is 5.13. The summed E-state index contributed by atoms with van der Waals surface area (Å²) >= 11 is 0. The van der Waals surface area contributed by atoms with Crippen LogP contribution in [0.3, 0.4) is 0 Å². The van der Waals surface area contributed by atoms with E-state index in [-0.39, 0.29) is 12.2 Å². The first-order valence-electron chi connectivity index (χ1n) is 12.6. The van der Waals surface area contributed by atoms with Gasteiger partial charge < -0.3 is 0 Å². The lowest BCUT2D eigenvalue weighted by Crippen LogP contribution is -2.60. The number of nitrogens with one attached hydrogen (secondary N) is 1. The molecule has 3 nitrogen and oxygen atoms in total. The summed E-state index contributed by atoms with van der Waals surface area (Å²) in [6.45, 7) is 7.57. The summed E-state index contributed by atoms with van der Waals surface area (Å²) in [5.41, 5.74) is 3.36. The van der Waals surface area contributed by atoms with E-state index < -0.39 is 8.24 Å². The van der Waals surface area contributed by atoms with Crippen LogP contribution in [0.15, 0.2) is 90.0 Å². The molecule has 170 valence electrons. The van der Waals surface area contributed by atoms with Crippen molar-refractivity contribution in [2.24, 2.45) is 28.7 Å². The van der Waals surface area contributed by atoms with Gasteiger partial charge >= 0.3 is 0 Å². The van der Waals surface area contributed by atoms with Crippen LogP contribution in [0.1, 0.15) is 18.9 Å². The van der Waals surface area contributed by atoms with Gasteiger partial charge in [0, 0.05) is 6.21 Å². The van der Waals surface area contributed by atoms with Gasteiger partial charge in [-0.3, -0.25) is 14.9 Å². The van der Waals surface area contributed by atoms with E-state index in [0.717, 1.165) is 6.42 Å². The molecule has 0 amide bonds. The van der Waals surface area contributed by atoms with E-state index in [1.165, 1.54) is 11.1 Å². The van der Waals surface area contributed by atoms with Gasteiger partial charge in [0.1, 0.15) is 14.4 Å². The molecule has 1 N–H and O–H groups in total. The van der Waals surface area contributed by atoms with Gasteiger partial charge in [0.15, 0.2) is 0 Å². The number of rotatable bonds is 4. The normalized spacial score (nSPS) is 38.8. The molecule has 4 heteroatoms. The second-order valence-electron chi connectivity index (χ2n) is 10.7. The Morgan fingerprint density at radius 3 is 2.09 bits per heavy atom. The number of nitrogens with zero attached hydrogens (tertiary/aromatic N) is 2. The number of aliphatic imine (C=N–C) groups is 1. The van der Waals surface area contributed by atoms with Crippen LogP contribution in [-0.4, -0.2) is 37.4 Å². The number of allylic oxidation sites excluding steroid dienone is 9. The largest absolute Gasteiger partial charge is 0.292 e. The van der Waals surface area contributed by atoms with Crippen LogP contribution in [0.2, 0.25) is 18.6 Å². The molecule has 6 rings (SSSR count). The Labute approximate surface area is 199 Å². The van der Waals surface area contributed by atoms with Gasteiger partial charge in [-0.2, -0.15) is 0 Å². The van der Waals surface area contributed by atoms with Crippen LogP contribution in [0.5, 0.6) is 0 Å². The summed E-state index contributed by atoms with van der Waals surface area (Å²) in [5.74, 6) is 2.48. The molecule has 7 atom stereocenters. The van der Waals surface area contributed by atoms with E-state index in [1.54, 1.807) is 0 Å². The standard InChI is InChI=1S/C29H35N3Si/c1-4-26-31-27-21(20-12-6-5-7-13-20)18-19-30-29(27)32(26)33(2,3)28-24-16-10-8-14-22(24)23-15-9-11-17-25(23)28/h5-19,22-29,31H,4H2,1-3H3/t22?,23?,24?,25?,26-,27?,28?,29+/m1/s1. The summed E-state index contributed by atoms with van der Waals surface area (Å²) in [7, 11) is -1.92. The molecule has 0 aromatic heterocycles. The van der Waals surface area contributed by atoms with Gasteiger partial charge in [0.2, 0.25) is 0 Å². The van der Waals surface area contributed by atoms with Gasteiger partial charge in [0.05, 0.1) is 12.2 Å². The molecule has 33 heavy (non-hydrogen) atoms. The van der Waals surface area contributed by atoms with E-state index in [9.17, 15) is 0 Å². The quantitative estimate of drug-likeness (QED) is 0.584. The summed E-state index contributed by atoms with van der Waals surface area (Å²) in [6, 6.07) is 11.1. The van der Waals surface area contributed by atoms with Crippen molar-refractivity contribution >= 4 is 20.0 Å². The highest BCUT2D eigenvalue weighted by atomic mass is 28.3. The molecule has 2 aliphatic heterocycles. The first kappa shape index (κ1) is 21.3. The van der Waals surface area contributed by atoms with Crippen molar-refractivity contribution in [1.29, 1.82) is 0 Å². The maximum Gasteiger partial charge on any atom is 0.130 e. The average molecular weight is 454 g/mol. The van der Waals surface area contributed by atoms with Crippen molar-refractivity contribution in [1.82, 2.24) is 9.88 Å². The zero-order valence-corrected chi connectivity index (χ0v) is 20.9. The Kier molecular flexibility index (Phi) is 5.28. The van der Waals surface area contributed by atoms with Crippen molar-refractivity contribution in [3.05, 3.63) is 90.6 Å². The van der Waals surface area contributed by atoms with Crippen LogP contribution in [-0.2, 0) is 0 Å². The monoisotopic (exact) mass is 453 g/mol. The number of benzene rings is 1. The second-order valence-corrected chi connectivity index (χ2v) is 15.2. The fourth-order valence-electron chi connectivity index (χ4n) is 7.55. The molecule has 1 saturated heterocycles. The van der Waals surface area contributed by atoms with Crippen LogP contribution in [0.25, 0.3) is 5.57 Å². The molecule has 0 bridgehead atoms. The third kappa shape index (κ3) is 3.26. The van der Waals surface area contributed by atoms with E-state index in [1.807, 2.05) is 0 Å². The number of fused-ring (bicyclic) bond motifs is 4. The van der Waals surface area contributed by atoms with Crippen LogP contribution in [0.4, 0.5) is 0 Å². The molecule has 0 radical (unpaired) electrons. The molecule has 2 heterocycles. The molecule has 0 spiro atoms. The van der Waals surface area contributed by atoms with Crippen LogP contribution >= 0.6 is 0 Å². The molecule has 1 aromatic rings. The number of dihydropyridines is 1. The van der Waals surface area contributed by atoms with Crippen molar-refractivity contribution in [3.63, 3.8) is 0 Å². The Bertz CT molecular complexity index is 1050. The first-order valence-corrected chi connectivity index (χ1v) is 15.7. The molecule has 1 saturated carbocycles. The Balaban J connectivity index is 1.38. The van der Waals surface area contributed by atoms with E-state index >= 15 is 0 Å². The molecule has 1 aromatic carbocycles. The van der Waals surface area contributed by atoms with Gasteiger partial charge in [-0.25, -0.2) is 0 Å². The lowest BCUT2D eigenvalue weighted by Gasteiger charge is -2.47. The van der Waals surface area contributed by atoms with E-state index in [4.69, 9.17) is 4.99 Å². The number of hydrogen-bond donors (Lipinski definition) is 1. The molecule has 3 aliphatic carbocycles. The minimum absolute atomic E-state index is 0.181. The Morgan fingerprint density at radius 2 is 1.48 bits per heavy atom. The lowest BCUT2D eigenvalue weighted by molar-refractivity contribution is 0.292. The SMILES string of the molecule is CC[C@@H]1NC2C(c3ccccc3)=CC=N[C@H]2N1[Si](C)(C)C1C2C=CC=CC2C2C=CC=CC21. The Morgan fingerprint density at radius 1 is 0.879 bits per heavy atom. The topological polar surface area (TPSA) is 27.6 Å². The minimum atomic E-state index is -1.92. The van der Waals surface area contributed by atoms with Crippen LogP contribution in [0, 0.1) is 23.7 Å². The van der Waals surface area contributed by atoms with Crippen molar-refractivity contribution in [2.45, 2.75) is 50.4 Å². The highest BCUT2D eigenvalue weighted by molar-refractivity contribution is 6.76. The zero-order valence-electron chi connectivity index (χ0n) is 19.9. The van der Waals surface area contributed by atoms with Crippen molar-refractivity contribution in [3.8, 4) is 0 Å². The maximum absolute atomic E-state index is 5.13. The molecular formula is C29H35N3Si. The second kappa shape index (κ2) is 8.19. The highest BCUT2D eigenvalue weighted by Crippen LogP contribution is 2.59. The predicted octanol–water partition coefficient (Wildman–Crippen LogP) is 5.80. The Hall–Kier alpha value is -2.27. The van der Waals surface area contributed by atoms with Gasteiger partial charge in [-0.05, 0) is 52.8 Å². The summed E-state index contributed by atoms with van der Waals surface area (Å²) in [4.78, 5) is 5.13. The number of hydrogen-bond acceptors (Lipinski definition) is 3. The third-order valence-corrected chi connectivity index (χ3v) is 13.1. The summed E-state index contributed by atoms with van der Waals surface area (Å²) < 4.78 is 2.87. The third-order valence-electron chi connectivity index (χ3n) is 8.81. The van der Waals surface area contributed by atoms with Gasteiger partial charge in [-0.15, -0.1) is 0 Å². The fraction of sp³-hybridized carbons (Fsp3) is 0.414. The van der Waals surface area contributed by atoms with E-state index in [0.29, 0.717) is 35.4 Å². The fourth-order valence-corrected chi connectivity index (χ4v) is 12.4. The van der Waals surface area contributed by atoms with Gasteiger partial charge in [-0.1, -0.05) is 99.0 Å². The molecular weight excluding hydrogens is 418 g/mol. The summed E-state index contributed by atoms with van der Waals surface area (Å²) in [6.07, 6.45) is 25.1. The molecule has 5 unspecified atom stereocenters. The van der Waals surface area contributed by atoms with Gasteiger partial charge in [0.25, 0.3) is 0 Å². The smallest absolute Gasteiger partial charge is 0.130 e. The predicted molar refractivity (Wildman–Crippen MR) is 141 cm³/mol. The van der Waals surface area contributed by atoms with Crippen molar-refractivity contribution < 1.29 is 0 Å². The molecule has 5 aliphatic rings. The van der Waals surface area contributed by atoms with Crippen molar-refractivity contribution in [2.75, 3.05) is 0 Å².